The van der Waals surface area contributed by atoms with Gasteiger partial charge in [0.25, 0.3) is 11.5 Å². The van der Waals surface area contributed by atoms with Crippen molar-refractivity contribution in [2.24, 2.45) is 7.05 Å². The average molecular weight is 321 g/mol. The molecule has 0 spiro atoms. The lowest BCUT2D eigenvalue weighted by molar-refractivity contribution is 0.0934. The molecular formula is C19H19N3O2. The van der Waals surface area contributed by atoms with Crippen LogP contribution in [0, 0.1) is 6.92 Å². The minimum atomic E-state index is -0.294. The second-order valence-corrected chi connectivity index (χ2v) is 5.87. The van der Waals surface area contributed by atoms with Gasteiger partial charge in [-0.2, -0.15) is 5.10 Å². The van der Waals surface area contributed by atoms with Crippen LogP contribution in [0.2, 0.25) is 0 Å². The normalized spacial score (nSPS) is 12.1. The highest BCUT2D eigenvalue weighted by atomic mass is 16.2. The molecule has 122 valence electrons. The predicted octanol–water partition coefficient (Wildman–Crippen LogP) is 2.73. The first-order valence-corrected chi connectivity index (χ1v) is 7.81. The summed E-state index contributed by atoms with van der Waals surface area (Å²) in [4.78, 5) is 24.9. The molecule has 5 heteroatoms. The zero-order chi connectivity index (χ0) is 17.3. The summed E-state index contributed by atoms with van der Waals surface area (Å²) in [6, 6.07) is 14.8. The molecule has 0 saturated heterocycles. The summed E-state index contributed by atoms with van der Waals surface area (Å²) in [6.07, 6.45) is 0. The number of rotatable bonds is 3. The fourth-order valence-corrected chi connectivity index (χ4v) is 2.88. The molecule has 3 aromatic rings. The zero-order valence-electron chi connectivity index (χ0n) is 13.9. The summed E-state index contributed by atoms with van der Waals surface area (Å²) >= 11 is 0. The lowest BCUT2D eigenvalue weighted by atomic mass is 10.0. The second-order valence-electron chi connectivity index (χ2n) is 5.87. The van der Waals surface area contributed by atoms with Gasteiger partial charge in [-0.1, -0.05) is 42.5 Å². The lowest BCUT2D eigenvalue weighted by Gasteiger charge is -2.17. The third kappa shape index (κ3) is 2.80. The molecule has 0 fully saturated rings. The minimum absolute atomic E-state index is 0.156. The Morgan fingerprint density at radius 3 is 2.42 bits per heavy atom. The summed E-state index contributed by atoms with van der Waals surface area (Å²) in [5.41, 5.74) is 2.21. The van der Waals surface area contributed by atoms with Gasteiger partial charge in [0.05, 0.1) is 11.4 Å². The molecular weight excluding hydrogens is 302 g/mol. The summed E-state index contributed by atoms with van der Waals surface area (Å²) in [5, 5.41) is 8.19. The second kappa shape index (κ2) is 6.28. The first-order valence-electron chi connectivity index (χ1n) is 7.81. The van der Waals surface area contributed by atoms with Crippen molar-refractivity contribution in [2.75, 3.05) is 0 Å². The van der Waals surface area contributed by atoms with Gasteiger partial charge in [-0.25, -0.2) is 4.68 Å². The molecule has 0 radical (unpaired) electrons. The van der Waals surface area contributed by atoms with Crippen LogP contribution in [-0.4, -0.2) is 15.7 Å². The highest BCUT2D eigenvalue weighted by molar-refractivity contribution is 6.04. The smallest absolute Gasteiger partial charge is 0.274 e. The monoisotopic (exact) mass is 321 g/mol. The fraction of sp³-hybridized carbons (Fsp3) is 0.211. The van der Waals surface area contributed by atoms with Gasteiger partial charge < -0.3 is 5.32 Å². The fourth-order valence-electron chi connectivity index (χ4n) is 2.88. The Morgan fingerprint density at radius 2 is 1.71 bits per heavy atom. The Labute approximate surface area is 139 Å². The van der Waals surface area contributed by atoms with E-state index in [9.17, 15) is 9.59 Å². The summed E-state index contributed by atoms with van der Waals surface area (Å²) < 4.78 is 1.20. The van der Waals surface area contributed by atoms with Gasteiger partial charge in [0.1, 0.15) is 0 Å². The minimum Gasteiger partial charge on any atom is -0.344 e. The molecule has 5 nitrogen and oxygen atoms in total. The maximum Gasteiger partial charge on any atom is 0.274 e. The van der Waals surface area contributed by atoms with Crippen molar-refractivity contribution < 1.29 is 4.79 Å². The molecule has 0 bridgehead atoms. The SMILES string of the molecule is Cc1ccccc1[C@H](C)NC(=O)c1nn(C)c(=O)c2ccccc12. The summed E-state index contributed by atoms with van der Waals surface area (Å²) in [6.45, 7) is 3.95. The number of carbonyl (C=O) groups is 1. The summed E-state index contributed by atoms with van der Waals surface area (Å²) in [7, 11) is 1.55. The van der Waals surface area contributed by atoms with E-state index in [4.69, 9.17) is 0 Å². The molecule has 2 aromatic carbocycles. The number of hydrogen-bond donors (Lipinski definition) is 1. The van der Waals surface area contributed by atoms with Crippen molar-refractivity contribution in [3.63, 3.8) is 0 Å². The molecule has 1 atom stereocenters. The molecule has 3 rings (SSSR count). The van der Waals surface area contributed by atoms with Crippen molar-refractivity contribution in [3.8, 4) is 0 Å². The van der Waals surface area contributed by atoms with Crippen molar-refractivity contribution in [3.05, 3.63) is 75.7 Å². The van der Waals surface area contributed by atoms with Crippen molar-refractivity contribution in [1.82, 2.24) is 15.1 Å². The third-order valence-corrected chi connectivity index (χ3v) is 4.17. The van der Waals surface area contributed by atoms with Crippen LogP contribution in [0.15, 0.2) is 53.3 Å². The largest absolute Gasteiger partial charge is 0.344 e. The highest BCUT2D eigenvalue weighted by Crippen LogP contribution is 2.18. The van der Waals surface area contributed by atoms with Crippen molar-refractivity contribution in [2.45, 2.75) is 19.9 Å². The van der Waals surface area contributed by atoms with Crippen LogP contribution in [0.4, 0.5) is 0 Å². The first kappa shape index (κ1) is 15.9. The number of carbonyl (C=O) groups excluding carboxylic acids is 1. The summed E-state index contributed by atoms with van der Waals surface area (Å²) in [5.74, 6) is -0.294. The van der Waals surface area contributed by atoms with E-state index >= 15 is 0 Å². The number of fused-ring (bicyclic) bond motifs is 1. The van der Waals surface area contributed by atoms with Crippen LogP contribution < -0.4 is 10.9 Å². The maximum atomic E-state index is 12.7. The first-order chi connectivity index (χ1) is 11.5. The molecule has 0 aliphatic carbocycles. The number of hydrogen-bond acceptors (Lipinski definition) is 3. The number of aryl methyl sites for hydroxylation is 2. The molecule has 0 unspecified atom stereocenters. The van der Waals surface area contributed by atoms with Crippen LogP contribution in [0.5, 0.6) is 0 Å². The average Bonchev–Trinajstić information content (AvgIpc) is 2.58. The molecule has 1 N–H and O–H groups in total. The van der Waals surface area contributed by atoms with Crippen molar-refractivity contribution >= 4 is 16.7 Å². The Bertz CT molecular complexity index is 976. The van der Waals surface area contributed by atoms with E-state index in [1.54, 1.807) is 31.3 Å². The highest BCUT2D eigenvalue weighted by Gasteiger charge is 2.18. The Kier molecular flexibility index (Phi) is 4.16. The standard InChI is InChI=1S/C19H19N3O2/c1-12-8-4-5-9-14(12)13(2)20-18(23)17-15-10-6-7-11-16(15)19(24)22(3)21-17/h4-11,13H,1-3H3,(H,20,23)/t13-/m0/s1. The zero-order valence-corrected chi connectivity index (χ0v) is 13.9. The maximum absolute atomic E-state index is 12.7. The van der Waals surface area contributed by atoms with E-state index in [0.29, 0.717) is 10.8 Å². The van der Waals surface area contributed by atoms with Gasteiger partial charge in [0.15, 0.2) is 5.69 Å². The van der Waals surface area contributed by atoms with Crippen LogP contribution >= 0.6 is 0 Å². The molecule has 0 aliphatic rings. The van der Waals surface area contributed by atoms with Gasteiger partial charge >= 0.3 is 0 Å². The van der Waals surface area contributed by atoms with Gasteiger partial charge in [-0.3, -0.25) is 9.59 Å². The predicted molar refractivity (Wildman–Crippen MR) is 94.0 cm³/mol. The van der Waals surface area contributed by atoms with Crippen LogP contribution in [0.25, 0.3) is 10.8 Å². The number of benzene rings is 2. The van der Waals surface area contributed by atoms with E-state index < -0.39 is 0 Å². The Balaban J connectivity index is 1.99. The Hall–Kier alpha value is -2.95. The van der Waals surface area contributed by atoms with E-state index in [-0.39, 0.29) is 23.2 Å². The van der Waals surface area contributed by atoms with Gasteiger partial charge in [0, 0.05) is 12.4 Å². The topological polar surface area (TPSA) is 64.0 Å². The molecule has 0 aliphatic heterocycles. The van der Waals surface area contributed by atoms with E-state index in [1.807, 2.05) is 38.1 Å². The van der Waals surface area contributed by atoms with E-state index in [1.165, 1.54) is 4.68 Å². The van der Waals surface area contributed by atoms with Crippen LogP contribution in [0.1, 0.15) is 34.6 Å². The number of amides is 1. The molecule has 1 amide bonds. The molecule has 1 heterocycles. The van der Waals surface area contributed by atoms with E-state index in [2.05, 4.69) is 10.4 Å². The van der Waals surface area contributed by atoms with Crippen LogP contribution in [-0.2, 0) is 7.05 Å². The number of aromatic nitrogens is 2. The number of nitrogens with zero attached hydrogens (tertiary/aromatic N) is 2. The van der Waals surface area contributed by atoms with Gasteiger partial charge in [-0.15, -0.1) is 0 Å². The number of nitrogens with one attached hydrogen (secondary N) is 1. The quantitative estimate of drug-likeness (QED) is 0.807. The molecule has 1 aromatic heterocycles. The molecule has 0 saturated carbocycles. The third-order valence-electron chi connectivity index (χ3n) is 4.17. The lowest BCUT2D eigenvalue weighted by Crippen LogP contribution is -2.31. The van der Waals surface area contributed by atoms with Gasteiger partial charge in [-0.05, 0) is 31.0 Å². The van der Waals surface area contributed by atoms with Gasteiger partial charge in [0.2, 0.25) is 0 Å². The molecule has 24 heavy (non-hydrogen) atoms. The van der Waals surface area contributed by atoms with Crippen LogP contribution in [0.3, 0.4) is 0 Å². The van der Waals surface area contributed by atoms with Crippen molar-refractivity contribution in [1.29, 1.82) is 0 Å². The van der Waals surface area contributed by atoms with E-state index in [0.717, 1.165) is 11.1 Å². The Morgan fingerprint density at radius 1 is 1.08 bits per heavy atom.